The number of alkyl halides is 2. The molecule has 1 aliphatic rings. The molecule has 6 heteroatoms. The predicted octanol–water partition coefficient (Wildman–Crippen LogP) is 4.37. The summed E-state index contributed by atoms with van der Waals surface area (Å²) in [5.74, 6) is -0.0974. The van der Waals surface area contributed by atoms with Crippen LogP contribution >= 0.6 is 11.8 Å². The summed E-state index contributed by atoms with van der Waals surface area (Å²) in [6.07, 6.45) is 1.71. The van der Waals surface area contributed by atoms with Crippen molar-refractivity contribution in [2.75, 3.05) is 5.32 Å². The van der Waals surface area contributed by atoms with Gasteiger partial charge in [0.1, 0.15) is 5.75 Å². The number of anilines is 1. The molecule has 112 valence electrons. The van der Waals surface area contributed by atoms with Crippen molar-refractivity contribution in [1.82, 2.24) is 0 Å². The van der Waals surface area contributed by atoms with Crippen molar-refractivity contribution in [2.45, 2.75) is 11.5 Å². The number of nitrogens with one attached hydrogen (secondary N) is 1. The first-order valence-corrected chi connectivity index (χ1v) is 7.28. The molecule has 3 nitrogen and oxygen atoms in total. The second-order valence-corrected chi connectivity index (χ2v) is 5.59. The van der Waals surface area contributed by atoms with Gasteiger partial charge in [-0.15, -0.1) is 0 Å². The molecule has 0 aromatic heterocycles. The number of rotatable bonds is 3. The molecule has 1 amide bonds. The third-order valence-corrected chi connectivity index (χ3v) is 4.08. The lowest BCUT2D eigenvalue weighted by atomic mass is 10.2. The molecule has 0 fully saturated rings. The molecular formula is C16H11F2NO2S. The minimum atomic E-state index is -2.85. The number of amides is 1. The number of fused-ring (bicyclic) bond motifs is 1. The summed E-state index contributed by atoms with van der Waals surface area (Å²) in [7, 11) is 0. The van der Waals surface area contributed by atoms with E-state index < -0.39 is 6.61 Å². The Balaban J connectivity index is 1.82. The lowest BCUT2D eigenvalue weighted by molar-refractivity contribution is -0.112. The molecule has 2 aromatic carbocycles. The number of thioether (sulfide) groups is 1. The second kappa shape index (κ2) is 6.19. The number of hydrogen-bond acceptors (Lipinski definition) is 3. The van der Waals surface area contributed by atoms with Gasteiger partial charge in [-0.05, 0) is 35.9 Å². The van der Waals surface area contributed by atoms with Gasteiger partial charge >= 0.3 is 6.61 Å². The maximum absolute atomic E-state index is 12.1. The number of benzene rings is 2. The Morgan fingerprint density at radius 3 is 2.55 bits per heavy atom. The number of halogens is 2. The summed E-state index contributed by atoms with van der Waals surface area (Å²) in [5, 5.41) is 2.82. The molecule has 0 bridgehead atoms. The lowest BCUT2D eigenvalue weighted by Crippen LogP contribution is -2.17. The number of carbonyl (C=O) groups excluding carboxylic acids is 1. The van der Waals surface area contributed by atoms with Gasteiger partial charge in [-0.25, -0.2) is 0 Å². The smallest absolute Gasteiger partial charge is 0.387 e. The van der Waals surface area contributed by atoms with Gasteiger partial charge in [-0.1, -0.05) is 36.0 Å². The van der Waals surface area contributed by atoms with Gasteiger partial charge in [0.25, 0.3) is 5.91 Å². The summed E-state index contributed by atoms with van der Waals surface area (Å²) < 4.78 is 28.5. The van der Waals surface area contributed by atoms with Gasteiger partial charge in [0.05, 0.1) is 10.6 Å². The summed E-state index contributed by atoms with van der Waals surface area (Å²) in [6, 6.07) is 13.7. The topological polar surface area (TPSA) is 38.3 Å². The largest absolute Gasteiger partial charge is 0.435 e. The Bertz CT molecular complexity index is 729. The highest BCUT2D eigenvalue weighted by atomic mass is 32.2. The second-order valence-electron chi connectivity index (χ2n) is 4.51. The summed E-state index contributed by atoms with van der Waals surface area (Å²) in [5.41, 5.74) is 1.52. The van der Waals surface area contributed by atoms with Crippen LogP contribution in [0.3, 0.4) is 0 Å². The number of para-hydroxylation sites is 1. The van der Waals surface area contributed by atoms with Gasteiger partial charge in [0, 0.05) is 4.90 Å². The van der Waals surface area contributed by atoms with Crippen LogP contribution in [0.5, 0.6) is 5.75 Å². The van der Waals surface area contributed by atoms with E-state index in [9.17, 15) is 13.6 Å². The van der Waals surface area contributed by atoms with Crippen LogP contribution in [0, 0.1) is 0 Å². The van der Waals surface area contributed by atoms with Gasteiger partial charge in [0.15, 0.2) is 0 Å². The first-order chi connectivity index (χ1) is 10.6. The van der Waals surface area contributed by atoms with Gasteiger partial charge < -0.3 is 10.1 Å². The number of carbonyl (C=O) groups is 1. The third-order valence-electron chi connectivity index (χ3n) is 2.98. The summed E-state index contributed by atoms with van der Waals surface area (Å²) >= 11 is 1.37. The van der Waals surface area contributed by atoms with E-state index in [-0.39, 0.29) is 11.7 Å². The maximum atomic E-state index is 12.1. The van der Waals surface area contributed by atoms with Crippen molar-refractivity contribution in [3.8, 4) is 5.75 Å². The molecule has 1 N–H and O–H groups in total. The molecule has 0 spiro atoms. The van der Waals surface area contributed by atoms with Crippen molar-refractivity contribution in [3.05, 3.63) is 59.0 Å². The molecule has 2 aromatic rings. The van der Waals surface area contributed by atoms with Crippen molar-refractivity contribution < 1.29 is 18.3 Å². The van der Waals surface area contributed by atoms with Crippen LogP contribution in [0.25, 0.3) is 6.08 Å². The average molecular weight is 319 g/mol. The van der Waals surface area contributed by atoms with Crippen molar-refractivity contribution in [1.29, 1.82) is 0 Å². The molecule has 0 radical (unpaired) electrons. The Labute approximate surface area is 130 Å². The Morgan fingerprint density at radius 1 is 1.09 bits per heavy atom. The van der Waals surface area contributed by atoms with E-state index in [1.165, 1.54) is 23.9 Å². The van der Waals surface area contributed by atoms with E-state index >= 15 is 0 Å². The van der Waals surface area contributed by atoms with Crippen LogP contribution in [-0.2, 0) is 4.79 Å². The minimum absolute atomic E-state index is 0.0863. The minimum Gasteiger partial charge on any atom is -0.435 e. The van der Waals surface area contributed by atoms with E-state index in [0.717, 1.165) is 16.1 Å². The van der Waals surface area contributed by atoms with E-state index in [2.05, 4.69) is 10.1 Å². The van der Waals surface area contributed by atoms with Gasteiger partial charge in [-0.3, -0.25) is 4.79 Å². The first-order valence-electron chi connectivity index (χ1n) is 6.46. The first kappa shape index (κ1) is 14.6. The normalized spacial score (nSPS) is 15.6. The average Bonchev–Trinajstić information content (AvgIpc) is 2.49. The zero-order valence-electron chi connectivity index (χ0n) is 11.3. The summed E-state index contributed by atoms with van der Waals surface area (Å²) in [4.78, 5) is 13.6. The monoisotopic (exact) mass is 319 g/mol. The standard InChI is InChI=1S/C16H11F2NO2S/c17-16(18)21-11-7-5-10(6-8-11)9-14-15(20)19-12-3-1-2-4-13(12)22-14/h1-9,16H,(H,19,20)/b14-9-. The van der Waals surface area contributed by atoms with Gasteiger partial charge in [0.2, 0.25) is 0 Å². The van der Waals surface area contributed by atoms with Crippen molar-refractivity contribution in [3.63, 3.8) is 0 Å². The van der Waals surface area contributed by atoms with Crippen LogP contribution in [0.2, 0.25) is 0 Å². The highest BCUT2D eigenvalue weighted by Crippen LogP contribution is 2.38. The number of ether oxygens (including phenoxy) is 1. The molecule has 3 rings (SSSR count). The van der Waals surface area contributed by atoms with Crippen LogP contribution in [0.15, 0.2) is 58.3 Å². The quantitative estimate of drug-likeness (QED) is 0.854. The zero-order valence-corrected chi connectivity index (χ0v) is 12.1. The maximum Gasteiger partial charge on any atom is 0.387 e. The van der Waals surface area contributed by atoms with Crippen LogP contribution in [0.1, 0.15) is 5.56 Å². The third kappa shape index (κ3) is 3.28. The molecule has 0 aliphatic carbocycles. The number of hydrogen-bond donors (Lipinski definition) is 1. The molecule has 22 heavy (non-hydrogen) atoms. The van der Waals surface area contributed by atoms with Crippen LogP contribution in [0.4, 0.5) is 14.5 Å². The Morgan fingerprint density at radius 2 is 1.82 bits per heavy atom. The summed E-state index contributed by atoms with van der Waals surface area (Å²) in [6.45, 7) is -2.85. The molecule has 1 heterocycles. The Hall–Kier alpha value is -2.34. The predicted molar refractivity (Wildman–Crippen MR) is 82.0 cm³/mol. The fraction of sp³-hybridized carbons (Fsp3) is 0.0625. The van der Waals surface area contributed by atoms with E-state index in [0.29, 0.717) is 4.91 Å². The fourth-order valence-corrected chi connectivity index (χ4v) is 2.95. The molecule has 1 aliphatic heterocycles. The Kier molecular flexibility index (Phi) is 4.11. The van der Waals surface area contributed by atoms with Crippen molar-refractivity contribution in [2.24, 2.45) is 0 Å². The molecular weight excluding hydrogens is 308 g/mol. The zero-order chi connectivity index (χ0) is 15.5. The van der Waals surface area contributed by atoms with Crippen molar-refractivity contribution >= 4 is 29.4 Å². The molecule has 0 unspecified atom stereocenters. The highest BCUT2D eigenvalue weighted by Gasteiger charge is 2.20. The lowest BCUT2D eigenvalue weighted by Gasteiger charge is -2.18. The molecule has 0 saturated carbocycles. The van der Waals surface area contributed by atoms with Gasteiger partial charge in [-0.2, -0.15) is 8.78 Å². The van der Waals surface area contributed by atoms with Crippen LogP contribution in [-0.4, -0.2) is 12.5 Å². The fourth-order valence-electron chi connectivity index (χ4n) is 2.00. The van der Waals surface area contributed by atoms with Crippen LogP contribution < -0.4 is 10.1 Å². The SMILES string of the molecule is O=C1Nc2ccccc2S/C1=C\c1ccc(OC(F)F)cc1. The highest BCUT2D eigenvalue weighted by molar-refractivity contribution is 8.04. The molecule has 0 saturated heterocycles. The van der Waals surface area contributed by atoms with E-state index in [1.54, 1.807) is 18.2 Å². The molecule has 0 atom stereocenters. The van der Waals surface area contributed by atoms with E-state index in [1.807, 2.05) is 24.3 Å². The van der Waals surface area contributed by atoms with E-state index in [4.69, 9.17) is 0 Å².